The van der Waals surface area contributed by atoms with Gasteiger partial charge >= 0.3 is 0 Å². The van der Waals surface area contributed by atoms with Crippen LogP contribution in [0.25, 0.3) is 0 Å². The molecule has 114 valence electrons. The molecule has 0 atom stereocenters. The number of aromatic nitrogens is 1. The van der Waals surface area contributed by atoms with E-state index < -0.39 is 43.9 Å². The Morgan fingerprint density at radius 1 is 1.45 bits per heavy atom. The fourth-order valence-corrected chi connectivity index (χ4v) is 1.65. The van der Waals surface area contributed by atoms with E-state index in [0.717, 1.165) is 6.20 Å². The van der Waals surface area contributed by atoms with Gasteiger partial charge in [0.25, 0.3) is 0 Å². The fraction of sp³-hybridized carbons (Fsp3) is 0.615. The number of rotatable bonds is 5. The molecule has 0 aliphatic rings. The van der Waals surface area contributed by atoms with Gasteiger partial charge in [-0.25, -0.2) is 4.98 Å². The Balaban J connectivity index is 3.18. The van der Waals surface area contributed by atoms with Crippen LogP contribution in [0.5, 0.6) is 11.5 Å². The average Bonchev–Trinajstić information content (AvgIpc) is 2.36. The number of pyridine rings is 1. The first-order chi connectivity index (χ1) is 10.5. The van der Waals surface area contributed by atoms with Crippen molar-refractivity contribution in [2.24, 2.45) is 0 Å². The van der Waals surface area contributed by atoms with E-state index in [9.17, 15) is 9.50 Å². The highest BCUT2D eigenvalue weighted by molar-refractivity contribution is 6.74. The molecule has 20 heavy (non-hydrogen) atoms. The quantitative estimate of drug-likeness (QED) is 0.657. The normalized spacial score (nSPS) is 16.9. The molecule has 1 N–H and O–H groups in total. The molecule has 4 nitrogen and oxygen atoms in total. The zero-order chi connectivity index (χ0) is 19.1. The largest absolute Gasteiger partial charge is 0.503 e. The number of hydrogen-bond acceptors (Lipinski definition) is 4. The van der Waals surface area contributed by atoms with Gasteiger partial charge in [-0.05, 0) is 18.1 Å². The molecule has 1 heterocycles. The van der Waals surface area contributed by atoms with Gasteiger partial charge in [0.15, 0.2) is 19.2 Å². The van der Waals surface area contributed by atoms with Crippen LogP contribution in [0.3, 0.4) is 0 Å². The van der Waals surface area contributed by atoms with Gasteiger partial charge in [0.1, 0.15) is 6.56 Å². The molecular weight excluding hydrogens is 301 g/mol. The van der Waals surface area contributed by atoms with Crippen molar-refractivity contribution >= 4 is 19.9 Å². The summed E-state index contributed by atoms with van der Waals surface area (Å²) < 4.78 is 55.7. The van der Waals surface area contributed by atoms with Crippen LogP contribution in [0, 0.1) is 5.82 Å². The third kappa shape index (κ3) is 4.07. The van der Waals surface area contributed by atoms with Gasteiger partial charge in [0.2, 0.25) is 11.6 Å². The van der Waals surface area contributed by atoms with Gasteiger partial charge in [-0.15, -0.1) is 0 Å². The lowest BCUT2D eigenvalue weighted by Crippen LogP contribution is -2.41. The van der Waals surface area contributed by atoms with Crippen molar-refractivity contribution < 1.29 is 24.1 Å². The topological polar surface area (TPSA) is 51.6 Å². The number of nitrogens with zero attached hydrogens (tertiary/aromatic N) is 1. The maximum atomic E-state index is 13.9. The molecule has 0 aliphatic heterocycles. The Hall–Kier alpha value is -0.853. The summed E-state index contributed by atoms with van der Waals surface area (Å²) in [6.07, 6.45) is 0.779. The minimum atomic E-state index is -3.09. The van der Waals surface area contributed by atoms with Crippen LogP contribution < -0.4 is 4.74 Å². The van der Waals surface area contributed by atoms with Crippen molar-refractivity contribution in [2.45, 2.75) is 38.9 Å². The van der Waals surface area contributed by atoms with Crippen LogP contribution in [0.2, 0.25) is 23.3 Å². The maximum Gasteiger partial charge on any atom is 0.206 e. The molecule has 0 fully saturated rings. The fourth-order valence-electron chi connectivity index (χ4n) is 0.910. The van der Waals surface area contributed by atoms with E-state index in [4.69, 9.17) is 26.2 Å². The molecule has 0 saturated heterocycles. The first-order valence-electron chi connectivity index (χ1n) is 7.94. The predicted molar refractivity (Wildman–Crippen MR) is 79.5 cm³/mol. The number of aromatic hydroxyl groups is 1. The van der Waals surface area contributed by atoms with Crippen molar-refractivity contribution in [3.8, 4) is 11.5 Å². The summed E-state index contributed by atoms with van der Waals surface area (Å²) in [5.74, 6) is -3.02. The van der Waals surface area contributed by atoms with Crippen LogP contribution >= 0.6 is 11.6 Å². The van der Waals surface area contributed by atoms with Gasteiger partial charge in [0, 0.05) is 0 Å². The summed E-state index contributed by atoms with van der Waals surface area (Å²) in [7, 11) is -2.70. The summed E-state index contributed by atoms with van der Waals surface area (Å²) in [5, 5.41) is 8.58. The van der Waals surface area contributed by atoms with E-state index in [1.807, 2.05) is 20.8 Å². The first-order valence-corrected chi connectivity index (χ1v) is 9.22. The van der Waals surface area contributed by atoms with Crippen molar-refractivity contribution in [1.82, 2.24) is 4.98 Å². The highest BCUT2D eigenvalue weighted by atomic mass is 35.5. The highest BCUT2D eigenvalue weighted by Crippen LogP contribution is 2.36. The molecule has 0 aromatic carbocycles. The third-order valence-electron chi connectivity index (χ3n) is 3.22. The van der Waals surface area contributed by atoms with Gasteiger partial charge in [-0.1, -0.05) is 32.4 Å². The standard InChI is InChI=1S/C13H21ClFNO3Si/c1-13(2,3)20(4,5)19-7-6-18-11-9(17)8-16-12(14)10(11)15/h8,17H,6-7H2,1-5H3/i6D2,7D2. The van der Waals surface area contributed by atoms with E-state index in [0.29, 0.717) is 0 Å². The Morgan fingerprint density at radius 2 is 2.05 bits per heavy atom. The predicted octanol–water partition coefficient (Wildman–Crippen LogP) is 3.98. The number of halogens is 2. The lowest BCUT2D eigenvalue weighted by atomic mass is 10.2. The summed E-state index contributed by atoms with van der Waals surface area (Å²) in [6, 6.07) is 0. The van der Waals surface area contributed by atoms with Crippen LogP contribution in [-0.4, -0.2) is 31.5 Å². The van der Waals surface area contributed by atoms with Crippen LogP contribution in [-0.2, 0) is 4.43 Å². The van der Waals surface area contributed by atoms with Crippen molar-refractivity contribution in [3.63, 3.8) is 0 Å². The van der Waals surface area contributed by atoms with Crippen molar-refractivity contribution in [3.05, 3.63) is 17.2 Å². The molecule has 7 heteroatoms. The zero-order valence-electron chi connectivity index (χ0n) is 16.0. The molecule has 1 rings (SSSR count). The molecular formula is C13H21ClFNO3Si. The summed E-state index contributed by atoms with van der Waals surface area (Å²) in [4.78, 5) is 3.34. The second-order valence-electron chi connectivity index (χ2n) is 5.75. The highest BCUT2D eigenvalue weighted by Gasteiger charge is 2.36. The second-order valence-corrected chi connectivity index (χ2v) is 10.8. The lowest BCUT2D eigenvalue weighted by Gasteiger charge is -2.36. The van der Waals surface area contributed by atoms with Gasteiger partial charge in [-0.2, -0.15) is 4.39 Å². The van der Waals surface area contributed by atoms with E-state index >= 15 is 0 Å². The third-order valence-corrected chi connectivity index (χ3v) is 7.71. The summed E-state index contributed by atoms with van der Waals surface area (Å²) in [5.41, 5.74) is 0. The number of hydrogen-bond donors (Lipinski definition) is 1. The Labute approximate surface area is 130 Å². The Kier molecular flexibility index (Phi) is 3.70. The SMILES string of the molecule is [2H]C([2H])(Oc1c(O)cnc(Cl)c1F)C([2H])([2H])O[Si](C)(C)C(C)(C)C. The lowest BCUT2D eigenvalue weighted by molar-refractivity contribution is 0.194. The molecule has 0 spiro atoms. The molecule has 0 unspecified atom stereocenters. The Morgan fingerprint density at radius 3 is 2.60 bits per heavy atom. The average molecular weight is 326 g/mol. The van der Waals surface area contributed by atoms with E-state index in [1.54, 1.807) is 13.1 Å². The van der Waals surface area contributed by atoms with E-state index in [-0.39, 0.29) is 5.04 Å². The van der Waals surface area contributed by atoms with Gasteiger partial charge in [0.05, 0.1) is 18.2 Å². The molecule has 0 bridgehead atoms. The minimum absolute atomic E-state index is 0.385. The summed E-state index contributed by atoms with van der Waals surface area (Å²) in [6.45, 7) is 3.07. The zero-order valence-corrected chi connectivity index (χ0v) is 13.8. The van der Waals surface area contributed by atoms with Crippen LogP contribution in [0.15, 0.2) is 6.20 Å². The monoisotopic (exact) mass is 325 g/mol. The van der Waals surface area contributed by atoms with Crippen molar-refractivity contribution in [2.75, 3.05) is 13.1 Å². The minimum Gasteiger partial charge on any atom is -0.503 e. The number of ether oxygens (including phenoxy) is 1. The van der Waals surface area contributed by atoms with Gasteiger partial charge < -0.3 is 14.3 Å². The molecule has 0 amide bonds. The molecule has 0 aliphatic carbocycles. The smallest absolute Gasteiger partial charge is 0.206 e. The van der Waals surface area contributed by atoms with Crippen molar-refractivity contribution in [1.29, 1.82) is 0 Å². The molecule has 0 radical (unpaired) electrons. The van der Waals surface area contributed by atoms with Crippen LogP contribution in [0.1, 0.15) is 26.3 Å². The van der Waals surface area contributed by atoms with Crippen LogP contribution in [0.4, 0.5) is 4.39 Å². The van der Waals surface area contributed by atoms with E-state index in [1.165, 1.54) is 0 Å². The first kappa shape index (κ1) is 11.8. The van der Waals surface area contributed by atoms with Gasteiger partial charge in [-0.3, -0.25) is 0 Å². The van der Waals surface area contributed by atoms with E-state index in [2.05, 4.69) is 4.98 Å². The Bertz CT molecular complexity index is 626. The molecule has 1 aromatic heterocycles. The molecule has 0 saturated carbocycles. The second kappa shape index (κ2) is 6.28. The maximum absolute atomic E-state index is 13.9. The molecule has 1 aromatic rings. The summed E-state index contributed by atoms with van der Waals surface area (Å²) >= 11 is 5.48.